The lowest BCUT2D eigenvalue weighted by molar-refractivity contribution is -0.0592. The molecule has 2 fully saturated rings. The van der Waals surface area contributed by atoms with E-state index in [0.717, 1.165) is 61.5 Å². The zero-order valence-corrected chi connectivity index (χ0v) is 26.5. The van der Waals surface area contributed by atoms with E-state index in [1.807, 2.05) is 57.2 Å². The number of hydrogen-bond donors (Lipinski definition) is 0. The van der Waals surface area contributed by atoms with E-state index in [4.69, 9.17) is 24.2 Å². The molecule has 0 unspecified atom stereocenters. The first-order chi connectivity index (χ1) is 22.2. The van der Waals surface area contributed by atoms with Gasteiger partial charge < -0.3 is 18.8 Å². The number of nitrogens with zero attached hydrogens (tertiary/aromatic N) is 6. The lowest BCUT2D eigenvalue weighted by Crippen LogP contribution is -2.35. The number of piperidine rings is 1. The number of halogens is 1. The van der Waals surface area contributed by atoms with E-state index < -0.39 is 5.60 Å². The van der Waals surface area contributed by atoms with E-state index >= 15 is 0 Å². The third kappa shape index (κ3) is 6.47. The van der Waals surface area contributed by atoms with Crippen molar-refractivity contribution in [2.75, 3.05) is 19.7 Å². The zero-order valence-electron chi connectivity index (χ0n) is 26.5. The molecule has 2 saturated heterocycles. The molecule has 0 radical (unpaired) electrons. The van der Waals surface area contributed by atoms with Crippen LogP contribution in [-0.4, -0.2) is 66.4 Å². The molecular formula is C35H39FN6O4. The smallest absolute Gasteiger partial charge is 0.338 e. The van der Waals surface area contributed by atoms with Gasteiger partial charge in [-0.15, -0.1) is 0 Å². The van der Waals surface area contributed by atoms with Crippen molar-refractivity contribution in [2.45, 2.75) is 77.4 Å². The van der Waals surface area contributed by atoms with Gasteiger partial charge in [-0.3, -0.25) is 4.90 Å². The number of aromatic nitrogens is 5. The molecule has 46 heavy (non-hydrogen) atoms. The highest BCUT2D eigenvalue weighted by molar-refractivity contribution is 5.94. The molecule has 2 aliphatic rings. The maximum absolute atomic E-state index is 14.3. The minimum Gasteiger partial charge on any atom is -0.473 e. The summed E-state index contributed by atoms with van der Waals surface area (Å²) in [5.74, 6) is 1.11. The lowest BCUT2D eigenvalue weighted by atomic mass is 9.93. The molecule has 7 rings (SSSR count). The fourth-order valence-electron chi connectivity index (χ4n) is 6.26. The number of pyridine rings is 2. The predicted octanol–water partition coefficient (Wildman–Crippen LogP) is 5.92. The van der Waals surface area contributed by atoms with Crippen LogP contribution in [-0.2, 0) is 29.2 Å². The summed E-state index contributed by atoms with van der Waals surface area (Å²) in [7, 11) is 0. The largest absolute Gasteiger partial charge is 0.473 e. The van der Waals surface area contributed by atoms with Crippen LogP contribution >= 0.6 is 0 Å². The Kier molecular flexibility index (Phi) is 8.20. The quantitative estimate of drug-likeness (QED) is 0.186. The molecule has 5 aromatic rings. The van der Waals surface area contributed by atoms with E-state index in [1.54, 1.807) is 12.3 Å². The second-order valence-corrected chi connectivity index (χ2v) is 13.2. The van der Waals surface area contributed by atoms with Crippen LogP contribution in [0.15, 0.2) is 60.9 Å². The van der Waals surface area contributed by atoms with Crippen LogP contribution in [0, 0.1) is 5.82 Å². The Morgan fingerprint density at radius 3 is 2.65 bits per heavy atom. The van der Waals surface area contributed by atoms with E-state index in [1.165, 1.54) is 10.7 Å². The molecule has 11 heteroatoms. The number of likely N-dealkylation sites (tertiary alicyclic amines) is 1. The minimum atomic E-state index is -0.565. The van der Waals surface area contributed by atoms with Gasteiger partial charge in [0.2, 0.25) is 5.88 Å². The van der Waals surface area contributed by atoms with Crippen molar-refractivity contribution in [3.8, 4) is 5.88 Å². The van der Waals surface area contributed by atoms with E-state index in [-0.39, 0.29) is 24.5 Å². The van der Waals surface area contributed by atoms with Gasteiger partial charge in [0.1, 0.15) is 23.5 Å². The van der Waals surface area contributed by atoms with Crippen molar-refractivity contribution in [1.29, 1.82) is 0 Å². The van der Waals surface area contributed by atoms with Crippen LogP contribution in [0.1, 0.15) is 73.4 Å². The van der Waals surface area contributed by atoms with Crippen LogP contribution in [0.4, 0.5) is 4.39 Å². The van der Waals surface area contributed by atoms with Crippen LogP contribution in [0.2, 0.25) is 0 Å². The van der Waals surface area contributed by atoms with Crippen LogP contribution in [0.3, 0.4) is 0 Å². The first-order valence-electron chi connectivity index (χ1n) is 16.0. The summed E-state index contributed by atoms with van der Waals surface area (Å²) in [6, 6.07) is 15.2. The normalized spacial score (nSPS) is 17.8. The summed E-state index contributed by atoms with van der Waals surface area (Å²) in [6.45, 7) is 9.84. The molecule has 6 heterocycles. The summed E-state index contributed by atoms with van der Waals surface area (Å²) >= 11 is 0. The van der Waals surface area contributed by atoms with Crippen molar-refractivity contribution < 1.29 is 23.4 Å². The average molecular weight is 627 g/mol. The number of carbonyl (C=O) groups is 1. The Labute approximate surface area is 267 Å². The second-order valence-electron chi connectivity index (χ2n) is 13.2. The molecule has 240 valence electrons. The third-order valence-electron chi connectivity index (χ3n) is 8.71. The summed E-state index contributed by atoms with van der Waals surface area (Å²) in [4.78, 5) is 25.1. The van der Waals surface area contributed by atoms with Gasteiger partial charge in [0, 0.05) is 36.0 Å². The number of hydrogen-bond acceptors (Lipinski definition) is 8. The highest BCUT2D eigenvalue weighted by Gasteiger charge is 2.27. The molecule has 10 nitrogen and oxygen atoms in total. The van der Waals surface area contributed by atoms with Crippen LogP contribution in [0.25, 0.3) is 16.6 Å². The Balaban J connectivity index is 1.02. The van der Waals surface area contributed by atoms with Gasteiger partial charge in [0.05, 0.1) is 42.0 Å². The average Bonchev–Trinajstić information content (AvgIpc) is 3.57. The molecule has 2 aliphatic heterocycles. The van der Waals surface area contributed by atoms with Crippen LogP contribution < -0.4 is 4.74 Å². The number of fused-ring (bicyclic) bond motifs is 2. The Morgan fingerprint density at radius 1 is 1.07 bits per heavy atom. The SMILES string of the molecule is CC(C)(C)OC(=O)c1ccc2nc(CN3CCC(c4cccc(OCc5cccn6ncc(F)c56)n4)CC3)n(C[C@@H]3CCO3)c2c1. The Morgan fingerprint density at radius 2 is 1.89 bits per heavy atom. The number of benzene rings is 1. The summed E-state index contributed by atoms with van der Waals surface area (Å²) in [5.41, 5.74) is 3.90. The number of carbonyl (C=O) groups excluding carboxylic acids is 1. The molecule has 0 spiro atoms. The topological polar surface area (TPSA) is 96.0 Å². The molecule has 1 atom stereocenters. The standard InChI is InChI=1S/C35H39FN6O4/c1-35(2,3)46-34(43)24-9-10-29-30(18-24)41(20-26-13-17-44-26)31(38-29)21-40-15-11-23(12-16-40)28-7-4-8-32(39-28)45-22-25-6-5-14-42-33(25)27(36)19-37-42/h4-10,14,18-19,23,26H,11-13,15-17,20-22H2,1-3H3/t26-/m0/s1. The maximum Gasteiger partial charge on any atom is 0.338 e. The number of rotatable bonds is 9. The molecule has 0 saturated carbocycles. The number of imidazole rings is 1. The molecular weight excluding hydrogens is 587 g/mol. The van der Waals surface area contributed by atoms with E-state index in [9.17, 15) is 9.18 Å². The van der Waals surface area contributed by atoms with Gasteiger partial charge in [-0.05, 0) is 83.5 Å². The highest BCUT2D eigenvalue weighted by atomic mass is 19.1. The second kappa shape index (κ2) is 12.4. The summed E-state index contributed by atoms with van der Waals surface area (Å²) in [6.07, 6.45) is 6.03. The van der Waals surface area contributed by atoms with Gasteiger partial charge in [0.15, 0.2) is 5.82 Å². The number of esters is 1. The maximum atomic E-state index is 14.3. The van der Waals surface area contributed by atoms with E-state index in [0.29, 0.717) is 41.5 Å². The fraction of sp³-hybridized carbons (Fsp3) is 0.429. The van der Waals surface area contributed by atoms with Gasteiger partial charge in [-0.25, -0.2) is 23.7 Å². The number of ether oxygens (including phenoxy) is 3. The first kappa shape index (κ1) is 30.3. The lowest BCUT2D eigenvalue weighted by Gasteiger charge is -2.32. The minimum absolute atomic E-state index is 0.152. The zero-order chi connectivity index (χ0) is 31.8. The van der Waals surface area contributed by atoms with Crippen molar-refractivity contribution in [3.63, 3.8) is 0 Å². The molecule has 1 aromatic carbocycles. The van der Waals surface area contributed by atoms with E-state index in [2.05, 4.69) is 20.6 Å². The van der Waals surface area contributed by atoms with Crippen molar-refractivity contribution >= 4 is 22.5 Å². The summed E-state index contributed by atoms with van der Waals surface area (Å²) in [5, 5.41) is 4.04. The molecule has 4 aromatic heterocycles. The predicted molar refractivity (Wildman–Crippen MR) is 170 cm³/mol. The van der Waals surface area contributed by atoms with Crippen molar-refractivity contribution in [2.24, 2.45) is 0 Å². The molecule has 0 aliphatic carbocycles. The molecule has 0 amide bonds. The molecule has 0 bridgehead atoms. The first-order valence-corrected chi connectivity index (χ1v) is 16.0. The van der Waals surface area contributed by atoms with Crippen molar-refractivity contribution in [1.82, 2.24) is 29.0 Å². The summed E-state index contributed by atoms with van der Waals surface area (Å²) < 4.78 is 35.4. The van der Waals surface area contributed by atoms with Gasteiger partial charge >= 0.3 is 5.97 Å². The van der Waals surface area contributed by atoms with Gasteiger partial charge in [-0.2, -0.15) is 5.10 Å². The van der Waals surface area contributed by atoms with Gasteiger partial charge in [-0.1, -0.05) is 12.1 Å². The highest BCUT2D eigenvalue weighted by Crippen LogP contribution is 2.30. The van der Waals surface area contributed by atoms with Crippen LogP contribution in [0.5, 0.6) is 5.88 Å². The Hall–Kier alpha value is -4.35. The molecule has 0 N–H and O–H groups in total. The Bertz CT molecular complexity index is 1870. The third-order valence-corrected chi connectivity index (χ3v) is 8.71. The van der Waals surface area contributed by atoms with Crippen molar-refractivity contribution in [3.05, 3.63) is 89.4 Å². The van der Waals surface area contributed by atoms with Gasteiger partial charge in [0.25, 0.3) is 0 Å². The monoisotopic (exact) mass is 626 g/mol. The fourth-order valence-corrected chi connectivity index (χ4v) is 6.26.